The molecular weight excluding hydrogens is 296 g/mol. The maximum absolute atomic E-state index is 5.60. The van der Waals surface area contributed by atoms with Crippen LogP contribution in [0.1, 0.15) is 32.2 Å². The summed E-state index contributed by atoms with van der Waals surface area (Å²) >= 11 is 0. The van der Waals surface area contributed by atoms with Crippen molar-refractivity contribution in [1.29, 1.82) is 0 Å². The summed E-state index contributed by atoms with van der Waals surface area (Å²) in [5.41, 5.74) is 3.63. The molecule has 0 unspecified atom stereocenters. The van der Waals surface area contributed by atoms with Crippen LogP contribution in [0.5, 0.6) is 5.75 Å². The standard InChI is InChI=1S/C21H26N2O/c1-4-24-18-9-7-8-17(14-18)12-13-21-22-19-10-5-6-11-20(19)23(21)15-16(2)3/h5-11,14,16H,4,12-13,15H2,1-3H3. The van der Waals surface area contributed by atoms with E-state index in [0.717, 1.165) is 30.7 Å². The Bertz CT molecular complexity index is 804. The van der Waals surface area contributed by atoms with Crippen LogP contribution in [-0.4, -0.2) is 16.2 Å². The number of nitrogens with zero attached hydrogens (tertiary/aromatic N) is 2. The Morgan fingerprint density at radius 2 is 1.88 bits per heavy atom. The van der Waals surface area contributed by atoms with E-state index >= 15 is 0 Å². The number of hydrogen-bond acceptors (Lipinski definition) is 2. The maximum atomic E-state index is 5.60. The highest BCUT2D eigenvalue weighted by atomic mass is 16.5. The lowest BCUT2D eigenvalue weighted by atomic mass is 10.1. The molecule has 24 heavy (non-hydrogen) atoms. The van der Waals surface area contributed by atoms with Crippen molar-refractivity contribution in [3.05, 3.63) is 59.9 Å². The Kier molecular flexibility index (Phi) is 5.19. The molecule has 0 radical (unpaired) electrons. The first-order valence-corrected chi connectivity index (χ1v) is 8.83. The molecule has 1 heterocycles. The maximum Gasteiger partial charge on any atom is 0.119 e. The molecule has 0 N–H and O–H groups in total. The van der Waals surface area contributed by atoms with Crippen molar-refractivity contribution in [2.75, 3.05) is 6.61 Å². The number of benzene rings is 2. The van der Waals surface area contributed by atoms with E-state index in [-0.39, 0.29) is 0 Å². The predicted octanol–water partition coefficient (Wildman–Crippen LogP) is 4.88. The molecule has 0 spiro atoms. The van der Waals surface area contributed by atoms with Crippen molar-refractivity contribution in [3.63, 3.8) is 0 Å². The van der Waals surface area contributed by atoms with E-state index in [1.807, 2.05) is 13.0 Å². The van der Waals surface area contributed by atoms with Crippen LogP contribution in [0, 0.1) is 5.92 Å². The fourth-order valence-electron chi connectivity index (χ4n) is 3.10. The van der Waals surface area contributed by atoms with Gasteiger partial charge in [0.25, 0.3) is 0 Å². The average Bonchev–Trinajstić information content (AvgIpc) is 2.91. The van der Waals surface area contributed by atoms with Crippen LogP contribution in [0.4, 0.5) is 0 Å². The van der Waals surface area contributed by atoms with E-state index in [1.165, 1.54) is 16.9 Å². The Morgan fingerprint density at radius 1 is 1.04 bits per heavy atom. The van der Waals surface area contributed by atoms with Crippen LogP contribution < -0.4 is 4.74 Å². The third kappa shape index (κ3) is 3.78. The number of hydrogen-bond donors (Lipinski definition) is 0. The Labute approximate surface area is 144 Å². The second-order valence-corrected chi connectivity index (χ2v) is 6.60. The van der Waals surface area contributed by atoms with E-state index in [0.29, 0.717) is 12.5 Å². The average molecular weight is 322 g/mol. The number of aryl methyl sites for hydroxylation is 2. The zero-order valence-corrected chi connectivity index (χ0v) is 14.8. The van der Waals surface area contributed by atoms with Gasteiger partial charge in [0, 0.05) is 13.0 Å². The minimum Gasteiger partial charge on any atom is -0.494 e. The van der Waals surface area contributed by atoms with Gasteiger partial charge in [0.2, 0.25) is 0 Å². The number of ether oxygens (including phenoxy) is 1. The first kappa shape index (κ1) is 16.6. The molecule has 3 rings (SSSR count). The fraction of sp³-hybridized carbons (Fsp3) is 0.381. The molecule has 0 amide bonds. The molecule has 0 atom stereocenters. The molecule has 0 saturated heterocycles. The largest absolute Gasteiger partial charge is 0.494 e. The lowest BCUT2D eigenvalue weighted by Crippen LogP contribution is -2.09. The minimum absolute atomic E-state index is 0.600. The first-order valence-electron chi connectivity index (χ1n) is 8.83. The molecule has 2 aromatic carbocycles. The van der Waals surface area contributed by atoms with Crippen LogP contribution >= 0.6 is 0 Å². The smallest absolute Gasteiger partial charge is 0.119 e. The van der Waals surface area contributed by atoms with Gasteiger partial charge in [-0.1, -0.05) is 38.1 Å². The van der Waals surface area contributed by atoms with Gasteiger partial charge in [-0.3, -0.25) is 0 Å². The van der Waals surface area contributed by atoms with Crippen LogP contribution in [0.25, 0.3) is 11.0 Å². The number of imidazole rings is 1. The highest BCUT2D eigenvalue weighted by Gasteiger charge is 2.11. The van der Waals surface area contributed by atoms with Gasteiger partial charge >= 0.3 is 0 Å². The fourth-order valence-corrected chi connectivity index (χ4v) is 3.10. The van der Waals surface area contributed by atoms with Gasteiger partial charge in [0.1, 0.15) is 11.6 Å². The lowest BCUT2D eigenvalue weighted by molar-refractivity contribution is 0.340. The van der Waals surface area contributed by atoms with E-state index < -0.39 is 0 Å². The van der Waals surface area contributed by atoms with Crippen molar-refractivity contribution < 1.29 is 4.74 Å². The zero-order valence-electron chi connectivity index (χ0n) is 14.8. The van der Waals surface area contributed by atoms with E-state index in [2.05, 4.69) is 60.9 Å². The minimum atomic E-state index is 0.600. The predicted molar refractivity (Wildman–Crippen MR) is 99.6 cm³/mol. The normalized spacial score (nSPS) is 11.3. The van der Waals surface area contributed by atoms with Crippen molar-refractivity contribution in [2.24, 2.45) is 5.92 Å². The van der Waals surface area contributed by atoms with Crippen LogP contribution in [0.3, 0.4) is 0 Å². The second kappa shape index (κ2) is 7.52. The zero-order chi connectivity index (χ0) is 16.9. The third-order valence-corrected chi connectivity index (χ3v) is 4.13. The van der Waals surface area contributed by atoms with Gasteiger partial charge in [-0.05, 0) is 49.1 Å². The number of aromatic nitrogens is 2. The van der Waals surface area contributed by atoms with Crippen molar-refractivity contribution in [3.8, 4) is 5.75 Å². The highest BCUT2D eigenvalue weighted by molar-refractivity contribution is 5.75. The van der Waals surface area contributed by atoms with Gasteiger partial charge in [-0.2, -0.15) is 0 Å². The van der Waals surface area contributed by atoms with E-state index in [9.17, 15) is 0 Å². The molecule has 1 aromatic heterocycles. The van der Waals surface area contributed by atoms with Crippen molar-refractivity contribution >= 4 is 11.0 Å². The molecule has 126 valence electrons. The van der Waals surface area contributed by atoms with Gasteiger partial charge in [0.15, 0.2) is 0 Å². The molecule has 0 aliphatic carbocycles. The monoisotopic (exact) mass is 322 g/mol. The van der Waals surface area contributed by atoms with Gasteiger partial charge in [-0.15, -0.1) is 0 Å². The molecule has 3 heteroatoms. The van der Waals surface area contributed by atoms with Gasteiger partial charge < -0.3 is 9.30 Å². The summed E-state index contributed by atoms with van der Waals surface area (Å²) in [5, 5.41) is 0. The van der Waals surface area contributed by atoms with E-state index in [1.54, 1.807) is 0 Å². The Balaban J connectivity index is 1.83. The Hall–Kier alpha value is -2.29. The summed E-state index contributed by atoms with van der Waals surface area (Å²) < 4.78 is 7.98. The molecular formula is C21H26N2O. The number of para-hydroxylation sites is 2. The van der Waals surface area contributed by atoms with Crippen molar-refractivity contribution in [2.45, 2.75) is 40.2 Å². The van der Waals surface area contributed by atoms with Crippen molar-refractivity contribution in [1.82, 2.24) is 9.55 Å². The first-order chi connectivity index (χ1) is 11.7. The molecule has 0 saturated carbocycles. The molecule has 0 bridgehead atoms. The van der Waals surface area contributed by atoms with Gasteiger partial charge in [-0.25, -0.2) is 4.98 Å². The summed E-state index contributed by atoms with van der Waals surface area (Å²) in [6, 6.07) is 16.8. The summed E-state index contributed by atoms with van der Waals surface area (Å²) in [6.07, 6.45) is 1.92. The highest BCUT2D eigenvalue weighted by Crippen LogP contribution is 2.20. The van der Waals surface area contributed by atoms with Crippen LogP contribution in [-0.2, 0) is 19.4 Å². The number of rotatable bonds is 7. The topological polar surface area (TPSA) is 27.1 Å². The second-order valence-electron chi connectivity index (χ2n) is 6.60. The summed E-state index contributed by atoms with van der Waals surface area (Å²) in [7, 11) is 0. The Morgan fingerprint density at radius 3 is 2.67 bits per heavy atom. The van der Waals surface area contributed by atoms with E-state index in [4.69, 9.17) is 9.72 Å². The third-order valence-electron chi connectivity index (χ3n) is 4.13. The molecule has 0 aliphatic rings. The summed E-state index contributed by atoms with van der Waals surface area (Å²) in [5.74, 6) is 2.72. The van der Waals surface area contributed by atoms with Gasteiger partial charge in [0.05, 0.1) is 17.6 Å². The lowest BCUT2D eigenvalue weighted by Gasteiger charge is -2.12. The molecule has 0 aliphatic heterocycles. The molecule has 0 fully saturated rings. The SMILES string of the molecule is CCOc1cccc(CCc2nc3ccccc3n2CC(C)C)c1. The van der Waals surface area contributed by atoms with Crippen LogP contribution in [0.15, 0.2) is 48.5 Å². The quantitative estimate of drug-likeness (QED) is 0.620. The molecule has 3 nitrogen and oxygen atoms in total. The number of fused-ring (bicyclic) bond motifs is 1. The van der Waals surface area contributed by atoms with Crippen LogP contribution in [0.2, 0.25) is 0 Å². The summed E-state index contributed by atoms with van der Waals surface area (Å²) in [4.78, 5) is 4.87. The molecule has 3 aromatic rings. The summed E-state index contributed by atoms with van der Waals surface area (Å²) in [6.45, 7) is 8.23.